The molecule has 1 atom stereocenters. The van der Waals surface area contributed by atoms with Crippen molar-refractivity contribution in [3.8, 4) is 0 Å². The predicted molar refractivity (Wildman–Crippen MR) is 69.7 cm³/mol. The van der Waals surface area contributed by atoms with Crippen LogP contribution >= 0.6 is 0 Å². The van der Waals surface area contributed by atoms with Crippen molar-refractivity contribution < 1.29 is 4.79 Å². The molecule has 0 aliphatic carbocycles. The van der Waals surface area contributed by atoms with Crippen molar-refractivity contribution in [2.45, 2.75) is 19.4 Å². The maximum absolute atomic E-state index is 12.4. The van der Waals surface area contributed by atoms with E-state index in [1.54, 1.807) is 11.1 Å². The lowest BCUT2D eigenvalue weighted by Crippen LogP contribution is -2.43. The Balaban J connectivity index is 2.23. The molecule has 2 heterocycles. The second-order valence-corrected chi connectivity index (χ2v) is 4.89. The maximum atomic E-state index is 12.4. The van der Waals surface area contributed by atoms with Gasteiger partial charge in [0.1, 0.15) is 5.56 Å². The smallest absolute Gasteiger partial charge is 0.259 e. The Morgan fingerprint density at radius 1 is 1.44 bits per heavy atom. The van der Waals surface area contributed by atoms with Crippen LogP contribution in [0.15, 0.2) is 23.3 Å². The van der Waals surface area contributed by atoms with Crippen molar-refractivity contribution in [1.82, 2.24) is 14.8 Å². The number of carbonyl (C=O) groups excluding carboxylic acids is 1. The number of hydrogen-bond acceptors (Lipinski definition) is 3. The van der Waals surface area contributed by atoms with Gasteiger partial charge in [-0.2, -0.15) is 0 Å². The van der Waals surface area contributed by atoms with E-state index in [2.05, 4.69) is 16.9 Å². The van der Waals surface area contributed by atoms with Gasteiger partial charge in [0, 0.05) is 37.6 Å². The summed E-state index contributed by atoms with van der Waals surface area (Å²) >= 11 is 0. The first-order chi connectivity index (χ1) is 8.59. The Morgan fingerprint density at radius 3 is 2.94 bits per heavy atom. The fourth-order valence-corrected chi connectivity index (χ4v) is 2.41. The molecule has 1 N–H and O–H groups in total. The minimum absolute atomic E-state index is 0.129. The predicted octanol–water partition coefficient (Wildman–Crippen LogP) is 0.541. The number of nitrogens with zero attached hydrogens (tertiary/aromatic N) is 2. The van der Waals surface area contributed by atoms with Gasteiger partial charge in [0.05, 0.1) is 0 Å². The third-order valence-corrected chi connectivity index (χ3v) is 3.36. The van der Waals surface area contributed by atoms with E-state index >= 15 is 0 Å². The SMILES string of the molecule is CC1CN(C)CCCN1C(=O)c1c[nH]ccc1=O. The molecule has 1 fully saturated rings. The van der Waals surface area contributed by atoms with Gasteiger partial charge in [-0.05, 0) is 26.9 Å². The van der Waals surface area contributed by atoms with E-state index in [1.165, 1.54) is 12.3 Å². The number of pyridine rings is 1. The summed E-state index contributed by atoms with van der Waals surface area (Å²) < 4.78 is 0. The van der Waals surface area contributed by atoms with E-state index in [0.29, 0.717) is 6.54 Å². The van der Waals surface area contributed by atoms with Crippen LogP contribution in [0, 0.1) is 0 Å². The molecule has 1 aromatic heterocycles. The molecular formula is C13H19N3O2. The van der Waals surface area contributed by atoms with E-state index < -0.39 is 0 Å². The Bertz CT molecular complexity index is 483. The molecule has 5 heteroatoms. The third kappa shape index (κ3) is 2.61. The van der Waals surface area contributed by atoms with Gasteiger partial charge < -0.3 is 14.8 Å². The second kappa shape index (κ2) is 5.35. The maximum Gasteiger partial charge on any atom is 0.259 e. The number of amides is 1. The average molecular weight is 249 g/mol. The summed E-state index contributed by atoms with van der Waals surface area (Å²) in [7, 11) is 2.06. The number of rotatable bonds is 1. The van der Waals surface area contributed by atoms with Gasteiger partial charge in [-0.3, -0.25) is 9.59 Å². The summed E-state index contributed by atoms with van der Waals surface area (Å²) in [5, 5.41) is 0. The Kier molecular flexibility index (Phi) is 3.81. The van der Waals surface area contributed by atoms with Crippen LogP contribution in [0.5, 0.6) is 0 Å². The van der Waals surface area contributed by atoms with Gasteiger partial charge in [0.15, 0.2) is 5.43 Å². The summed E-state index contributed by atoms with van der Waals surface area (Å²) in [6.07, 6.45) is 3.97. The molecule has 1 aliphatic heterocycles. The van der Waals surface area contributed by atoms with E-state index in [4.69, 9.17) is 0 Å². The topological polar surface area (TPSA) is 56.4 Å². The number of aromatic nitrogens is 1. The first-order valence-corrected chi connectivity index (χ1v) is 6.26. The number of nitrogens with one attached hydrogen (secondary N) is 1. The molecular weight excluding hydrogens is 230 g/mol. The molecule has 0 aromatic carbocycles. The minimum Gasteiger partial charge on any atom is -0.367 e. The monoisotopic (exact) mass is 249 g/mol. The van der Waals surface area contributed by atoms with Crippen LogP contribution in [0.25, 0.3) is 0 Å². The zero-order valence-electron chi connectivity index (χ0n) is 10.8. The lowest BCUT2D eigenvalue weighted by molar-refractivity contribution is 0.0695. The van der Waals surface area contributed by atoms with Gasteiger partial charge in [-0.15, -0.1) is 0 Å². The van der Waals surface area contributed by atoms with Crippen LogP contribution in [0.2, 0.25) is 0 Å². The molecule has 1 unspecified atom stereocenters. The quantitative estimate of drug-likeness (QED) is 0.790. The van der Waals surface area contributed by atoms with Crippen molar-refractivity contribution in [1.29, 1.82) is 0 Å². The van der Waals surface area contributed by atoms with Gasteiger partial charge in [0.25, 0.3) is 5.91 Å². The van der Waals surface area contributed by atoms with Crippen LogP contribution in [-0.2, 0) is 0 Å². The van der Waals surface area contributed by atoms with Crippen LogP contribution in [0.3, 0.4) is 0 Å². The van der Waals surface area contributed by atoms with Crippen molar-refractivity contribution in [2.24, 2.45) is 0 Å². The van der Waals surface area contributed by atoms with Gasteiger partial charge in [0.2, 0.25) is 0 Å². The highest BCUT2D eigenvalue weighted by molar-refractivity contribution is 5.94. The molecule has 1 aliphatic rings. The summed E-state index contributed by atoms with van der Waals surface area (Å²) in [5.74, 6) is -0.167. The summed E-state index contributed by atoms with van der Waals surface area (Å²) in [4.78, 5) is 30.9. The molecule has 1 saturated heterocycles. The van der Waals surface area contributed by atoms with Crippen LogP contribution in [0.1, 0.15) is 23.7 Å². The molecule has 1 amide bonds. The highest BCUT2D eigenvalue weighted by Crippen LogP contribution is 2.11. The van der Waals surface area contributed by atoms with E-state index in [9.17, 15) is 9.59 Å². The average Bonchev–Trinajstić information content (AvgIpc) is 2.50. The van der Waals surface area contributed by atoms with Gasteiger partial charge in [-0.1, -0.05) is 0 Å². The van der Waals surface area contributed by atoms with Gasteiger partial charge >= 0.3 is 0 Å². The number of H-pyrrole nitrogens is 1. The van der Waals surface area contributed by atoms with Crippen LogP contribution in [0.4, 0.5) is 0 Å². The largest absolute Gasteiger partial charge is 0.367 e. The molecule has 0 saturated carbocycles. The molecule has 0 spiro atoms. The second-order valence-electron chi connectivity index (χ2n) is 4.89. The van der Waals surface area contributed by atoms with Crippen molar-refractivity contribution in [3.63, 3.8) is 0 Å². The molecule has 98 valence electrons. The van der Waals surface area contributed by atoms with Crippen molar-refractivity contribution in [2.75, 3.05) is 26.7 Å². The van der Waals surface area contributed by atoms with Crippen LogP contribution < -0.4 is 5.43 Å². The van der Waals surface area contributed by atoms with E-state index in [1.807, 2.05) is 6.92 Å². The summed E-state index contributed by atoms with van der Waals surface area (Å²) in [6.45, 7) is 4.56. The first kappa shape index (κ1) is 12.8. The Labute approximate surface area is 106 Å². The normalized spacial score (nSPS) is 21.7. The Morgan fingerprint density at radius 2 is 2.22 bits per heavy atom. The molecule has 5 nitrogen and oxygen atoms in total. The molecule has 0 radical (unpaired) electrons. The highest BCUT2D eigenvalue weighted by Gasteiger charge is 2.26. The first-order valence-electron chi connectivity index (χ1n) is 6.26. The summed E-state index contributed by atoms with van der Waals surface area (Å²) in [6, 6.07) is 1.52. The van der Waals surface area contributed by atoms with E-state index in [0.717, 1.165) is 19.5 Å². The fourth-order valence-electron chi connectivity index (χ4n) is 2.41. The number of likely N-dealkylation sites (N-methyl/N-ethyl adjacent to an activating group) is 1. The third-order valence-electron chi connectivity index (χ3n) is 3.36. The zero-order chi connectivity index (χ0) is 13.1. The van der Waals surface area contributed by atoms with Crippen LogP contribution in [-0.4, -0.2) is 53.4 Å². The molecule has 18 heavy (non-hydrogen) atoms. The van der Waals surface area contributed by atoms with Gasteiger partial charge in [-0.25, -0.2) is 0 Å². The Hall–Kier alpha value is -1.62. The number of carbonyl (C=O) groups is 1. The zero-order valence-corrected chi connectivity index (χ0v) is 10.8. The molecule has 2 rings (SSSR count). The number of hydrogen-bond donors (Lipinski definition) is 1. The highest BCUT2D eigenvalue weighted by atomic mass is 16.2. The minimum atomic E-state index is -0.219. The molecule has 1 aromatic rings. The number of aromatic amines is 1. The standard InChI is InChI=1S/C13H19N3O2/c1-10-9-15(2)6-3-7-16(10)13(18)11-8-14-5-4-12(11)17/h4-5,8,10H,3,6-7,9H2,1-2H3,(H,14,17). The van der Waals surface area contributed by atoms with E-state index in [-0.39, 0.29) is 22.9 Å². The van der Waals surface area contributed by atoms with Crippen molar-refractivity contribution >= 4 is 5.91 Å². The molecule has 0 bridgehead atoms. The summed E-state index contributed by atoms with van der Waals surface area (Å²) in [5.41, 5.74) is 0.0115. The lowest BCUT2D eigenvalue weighted by atomic mass is 10.2. The fraction of sp³-hybridized carbons (Fsp3) is 0.538. The van der Waals surface area contributed by atoms with Crippen molar-refractivity contribution in [3.05, 3.63) is 34.2 Å². The lowest BCUT2D eigenvalue weighted by Gasteiger charge is -2.27.